The summed E-state index contributed by atoms with van der Waals surface area (Å²) in [5.41, 5.74) is 6.86. The fraction of sp³-hybridized carbons (Fsp3) is 0.618. The molecule has 1 unspecified atom stereocenters. The number of hydrogen-bond acceptors (Lipinski definition) is 10. The van der Waals surface area contributed by atoms with E-state index in [0.717, 1.165) is 16.1 Å². The second-order valence-corrected chi connectivity index (χ2v) is 14.5. The number of halogens is 1. The predicted octanol–water partition coefficient (Wildman–Crippen LogP) is 1.77. The second kappa shape index (κ2) is 16.9. The van der Waals surface area contributed by atoms with Gasteiger partial charge >= 0.3 is 0 Å². The molecule has 15 heteroatoms. The normalized spacial score (nSPS) is 19.6. The van der Waals surface area contributed by atoms with E-state index in [-0.39, 0.29) is 51.3 Å². The van der Waals surface area contributed by atoms with E-state index in [1.807, 2.05) is 31.2 Å². The number of ether oxygens (including phenoxy) is 2. The lowest BCUT2D eigenvalue weighted by atomic mass is 9.85. The number of nitrogens with one attached hydrogen (secondary N) is 3. The van der Waals surface area contributed by atoms with Gasteiger partial charge in [-0.1, -0.05) is 45.0 Å². The molecule has 4 atom stereocenters. The van der Waals surface area contributed by atoms with Crippen LogP contribution in [0.15, 0.2) is 29.8 Å². The Hall–Kier alpha value is -3.50. The summed E-state index contributed by atoms with van der Waals surface area (Å²) in [6.07, 6.45) is -0.948. The summed E-state index contributed by atoms with van der Waals surface area (Å²) in [7, 11) is 0. The fourth-order valence-corrected chi connectivity index (χ4v) is 6.42. The SMILES string of the molecule is Cc1ncsc1-c1ccc([C@H](CC(=O)NCCOCCOCCN)NC(=O)[C@@H]2C[C@@H](O)CN2C(=O)C(NC(=O)C2(F)CC2)C(C)(C)C)cc1. The van der Waals surface area contributed by atoms with Gasteiger partial charge in [-0.05, 0) is 36.3 Å². The Bertz CT molecular complexity index is 1450. The molecule has 2 heterocycles. The van der Waals surface area contributed by atoms with Crippen LogP contribution in [0.2, 0.25) is 0 Å². The number of nitrogens with two attached hydrogens (primary N) is 1. The van der Waals surface area contributed by atoms with Gasteiger partial charge in [-0.25, -0.2) is 9.37 Å². The molecule has 2 aliphatic rings. The lowest BCUT2D eigenvalue weighted by molar-refractivity contribution is -0.145. The van der Waals surface area contributed by atoms with Crippen molar-refractivity contribution in [3.05, 3.63) is 41.0 Å². The van der Waals surface area contributed by atoms with Crippen LogP contribution in [0.4, 0.5) is 4.39 Å². The molecule has 0 bridgehead atoms. The molecule has 2 aromatic rings. The summed E-state index contributed by atoms with van der Waals surface area (Å²) in [5, 5.41) is 18.9. The van der Waals surface area contributed by atoms with Crippen molar-refractivity contribution in [2.45, 2.75) is 83.3 Å². The Labute approximate surface area is 290 Å². The van der Waals surface area contributed by atoms with Crippen molar-refractivity contribution in [2.24, 2.45) is 11.1 Å². The lowest BCUT2D eigenvalue weighted by Crippen LogP contribution is -2.59. The van der Waals surface area contributed by atoms with Crippen molar-refractivity contribution in [3.8, 4) is 10.4 Å². The maximum absolute atomic E-state index is 14.6. The quantitative estimate of drug-likeness (QED) is 0.153. The van der Waals surface area contributed by atoms with Crippen molar-refractivity contribution in [1.82, 2.24) is 25.8 Å². The van der Waals surface area contributed by atoms with Crippen LogP contribution in [0.5, 0.6) is 0 Å². The highest BCUT2D eigenvalue weighted by Gasteiger charge is 2.53. The van der Waals surface area contributed by atoms with Gasteiger partial charge in [-0.2, -0.15) is 0 Å². The van der Waals surface area contributed by atoms with Gasteiger partial charge in [-0.3, -0.25) is 19.2 Å². The number of rotatable bonds is 17. The van der Waals surface area contributed by atoms with E-state index in [4.69, 9.17) is 15.2 Å². The number of amides is 4. The Morgan fingerprint density at radius 1 is 1.10 bits per heavy atom. The molecule has 1 aromatic heterocycles. The molecule has 1 aliphatic carbocycles. The molecule has 13 nitrogen and oxygen atoms in total. The summed E-state index contributed by atoms with van der Waals surface area (Å²) in [6, 6.07) is 4.48. The van der Waals surface area contributed by atoms with E-state index in [0.29, 0.717) is 31.9 Å². The number of aryl methyl sites for hydroxylation is 1. The molecule has 0 radical (unpaired) electrons. The first-order valence-corrected chi connectivity index (χ1v) is 17.5. The Morgan fingerprint density at radius 3 is 2.37 bits per heavy atom. The van der Waals surface area contributed by atoms with E-state index < -0.39 is 53.0 Å². The molecule has 1 aromatic carbocycles. The summed E-state index contributed by atoms with van der Waals surface area (Å²) < 4.78 is 25.3. The van der Waals surface area contributed by atoms with Crippen molar-refractivity contribution in [2.75, 3.05) is 46.1 Å². The van der Waals surface area contributed by atoms with Crippen LogP contribution in [0.1, 0.15) is 63.8 Å². The van der Waals surface area contributed by atoms with Crippen LogP contribution in [0.25, 0.3) is 10.4 Å². The average Bonchev–Trinajstić information content (AvgIpc) is 3.46. The number of alkyl halides is 1. The van der Waals surface area contributed by atoms with Gasteiger partial charge in [0, 0.05) is 26.1 Å². The number of aromatic nitrogens is 1. The smallest absolute Gasteiger partial charge is 0.258 e. The zero-order valence-corrected chi connectivity index (χ0v) is 29.4. The first-order chi connectivity index (χ1) is 23.2. The Kier molecular flexibility index (Phi) is 13.2. The van der Waals surface area contributed by atoms with Gasteiger partial charge in [0.1, 0.15) is 12.1 Å². The second-order valence-electron chi connectivity index (χ2n) is 13.7. The molecule has 1 aliphatic heterocycles. The highest BCUT2D eigenvalue weighted by Crippen LogP contribution is 2.40. The zero-order chi connectivity index (χ0) is 35.8. The van der Waals surface area contributed by atoms with Gasteiger partial charge in [0.2, 0.25) is 17.7 Å². The maximum Gasteiger partial charge on any atom is 0.258 e. The number of carbonyl (C=O) groups excluding carboxylic acids is 4. The molecule has 6 N–H and O–H groups in total. The highest BCUT2D eigenvalue weighted by molar-refractivity contribution is 7.13. The largest absolute Gasteiger partial charge is 0.391 e. The third kappa shape index (κ3) is 10.5. The molecule has 1 saturated carbocycles. The standard InChI is InChI=1S/C34H49FN6O7S/c1-21-28(49-20-38-21)23-7-5-22(6-8-23)25(18-27(43)37-12-14-48-16-15-47-13-11-36)39-30(44)26-17-24(42)19-41(26)31(45)29(33(2,3)4)40-32(46)34(35)9-10-34/h5-8,20,24-26,29,42H,9-19,36H2,1-4H3,(H,37,43)(H,39,44)(H,40,46)/t24-,25+,26+,29?/m1/s1. The summed E-state index contributed by atoms with van der Waals surface area (Å²) in [6.45, 7) is 9.13. The number of nitrogens with zero attached hydrogens (tertiary/aromatic N) is 2. The first-order valence-electron chi connectivity index (χ1n) is 16.6. The van der Waals surface area contributed by atoms with Crippen LogP contribution >= 0.6 is 11.3 Å². The number of carbonyl (C=O) groups is 4. The maximum atomic E-state index is 14.6. The molecule has 4 rings (SSSR count). The van der Waals surface area contributed by atoms with Crippen LogP contribution in [-0.4, -0.2) is 109 Å². The minimum Gasteiger partial charge on any atom is -0.391 e. The molecule has 0 spiro atoms. The van der Waals surface area contributed by atoms with Crippen molar-refractivity contribution < 1.29 is 38.1 Å². The fourth-order valence-electron chi connectivity index (χ4n) is 5.61. The molecule has 4 amide bonds. The van der Waals surface area contributed by atoms with Crippen LogP contribution in [-0.2, 0) is 28.7 Å². The first kappa shape index (κ1) is 38.3. The number of likely N-dealkylation sites (tertiary alicyclic amines) is 1. The summed E-state index contributed by atoms with van der Waals surface area (Å²) in [5.74, 6) is -2.33. The topological polar surface area (TPSA) is 185 Å². The molecule has 1 saturated heterocycles. The Balaban J connectivity index is 1.47. The monoisotopic (exact) mass is 704 g/mol. The summed E-state index contributed by atoms with van der Waals surface area (Å²) >= 11 is 1.51. The number of benzene rings is 1. The van der Waals surface area contributed by atoms with Crippen molar-refractivity contribution in [3.63, 3.8) is 0 Å². The van der Waals surface area contributed by atoms with Crippen LogP contribution in [0.3, 0.4) is 0 Å². The number of β-amino-alcohol motifs (C(OH)–C–C–N with tert-alkyl or cyclic N) is 1. The van der Waals surface area contributed by atoms with Gasteiger partial charge in [0.25, 0.3) is 5.91 Å². The van der Waals surface area contributed by atoms with E-state index in [1.54, 1.807) is 26.3 Å². The number of thiazole rings is 1. The highest BCUT2D eigenvalue weighted by atomic mass is 32.1. The molecule has 2 fully saturated rings. The zero-order valence-electron chi connectivity index (χ0n) is 28.6. The number of aliphatic hydroxyl groups excluding tert-OH is 1. The van der Waals surface area contributed by atoms with E-state index in [2.05, 4.69) is 20.9 Å². The van der Waals surface area contributed by atoms with E-state index in [9.17, 15) is 28.7 Å². The average molecular weight is 705 g/mol. The lowest BCUT2D eigenvalue weighted by Gasteiger charge is -2.36. The minimum atomic E-state index is -1.99. The third-order valence-electron chi connectivity index (χ3n) is 8.58. The third-order valence-corrected chi connectivity index (χ3v) is 9.56. The van der Waals surface area contributed by atoms with E-state index >= 15 is 0 Å². The Morgan fingerprint density at radius 2 is 1.78 bits per heavy atom. The van der Waals surface area contributed by atoms with Crippen LogP contribution in [0, 0.1) is 12.3 Å². The molecular formula is C34H49FN6O7S. The molecule has 49 heavy (non-hydrogen) atoms. The molecular weight excluding hydrogens is 655 g/mol. The van der Waals surface area contributed by atoms with E-state index in [1.165, 1.54) is 16.2 Å². The minimum absolute atomic E-state index is 0.0374. The van der Waals surface area contributed by atoms with Crippen LogP contribution < -0.4 is 21.7 Å². The number of hydrogen-bond donors (Lipinski definition) is 5. The van der Waals surface area contributed by atoms with Crippen molar-refractivity contribution in [1.29, 1.82) is 0 Å². The number of aliphatic hydroxyl groups is 1. The molecule has 270 valence electrons. The van der Waals surface area contributed by atoms with Gasteiger partial charge < -0.3 is 41.2 Å². The van der Waals surface area contributed by atoms with Gasteiger partial charge in [0.15, 0.2) is 5.67 Å². The predicted molar refractivity (Wildman–Crippen MR) is 182 cm³/mol. The van der Waals surface area contributed by atoms with Gasteiger partial charge in [-0.15, -0.1) is 11.3 Å². The van der Waals surface area contributed by atoms with Gasteiger partial charge in [0.05, 0.1) is 61.1 Å². The summed E-state index contributed by atoms with van der Waals surface area (Å²) in [4.78, 5) is 60.1. The van der Waals surface area contributed by atoms with Crippen molar-refractivity contribution >= 4 is 35.0 Å².